The van der Waals surface area contributed by atoms with Gasteiger partial charge in [0.25, 0.3) is 0 Å². The van der Waals surface area contributed by atoms with Gasteiger partial charge in [-0.25, -0.2) is 0 Å². The SMILES string of the molecule is CNCc1ccc(OC)c(OCC(O)COCCOC)c1. The molecule has 1 aromatic carbocycles. The molecule has 1 rings (SSSR count). The summed E-state index contributed by atoms with van der Waals surface area (Å²) in [6.45, 7) is 2.05. The molecule has 0 radical (unpaired) electrons. The Hall–Kier alpha value is -1.34. The van der Waals surface area contributed by atoms with E-state index in [0.717, 1.165) is 12.1 Å². The van der Waals surface area contributed by atoms with Crippen molar-refractivity contribution in [2.45, 2.75) is 12.6 Å². The minimum atomic E-state index is -0.695. The lowest BCUT2D eigenvalue weighted by atomic mass is 10.2. The first-order valence-corrected chi connectivity index (χ1v) is 6.90. The Bertz CT molecular complexity index is 400. The second-order valence-electron chi connectivity index (χ2n) is 4.55. The van der Waals surface area contributed by atoms with Crippen molar-refractivity contribution in [2.75, 3.05) is 47.7 Å². The number of ether oxygens (including phenoxy) is 4. The highest BCUT2D eigenvalue weighted by molar-refractivity contribution is 5.42. The maximum atomic E-state index is 9.80. The first-order chi connectivity index (χ1) is 10.2. The molecule has 21 heavy (non-hydrogen) atoms. The summed E-state index contributed by atoms with van der Waals surface area (Å²) in [5.41, 5.74) is 1.08. The van der Waals surface area contributed by atoms with Gasteiger partial charge in [-0.05, 0) is 24.7 Å². The van der Waals surface area contributed by atoms with Crippen LogP contribution < -0.4 is 14.8 Å². The third kappa shape index (κ3) is 6.77. The van der Waals surface area contributed by atoms with Crippen molar-refractivity contribution in [1.29, 1.82) is 0 Å². The molecule has 0 saturated carbocycles. The van der Waals surface area contributed by atoms with Gasteiger partial charge in [-0.2, -0.15) is 0 Å². The third-order valence-corrected chi connectivity index (χ3v) is 2.78. The summed E-state index contributed by atoms with van der Waals surface area (Å²) in [7, 11) is 5.07. The van der Waals surface area contributed by atoms with Crippen molar-refractivity contribution in [3.63, 3.8) is 0 Å². The highest BCUT2D eigenvalue weighted by atomic mass is 16.5. The van der Waals surface area contributed by atoms with E-state index < -0.39 is 6.10 Å². The molecule has 0 aliphatic rings. The van der Waals surface area contributed by atoms with Crippen molar-refractivity contribution < 1.29 is 24.1 Å². The van der Waals surface area contributed by atoms with Gasteiger partial charge in [0.05, 0.1) is 26.9 Å². The van der Waals surface area contributed by atoms with Gasteiger partial charge in [0.2, 0.25) is 0 Å². The molecule has 0 heterocycles. The van der Waals surface area contributed by atoms with Crippen LogP contribution in [0.2, 0.25) is 0 Å². The number of aliphatic hydroxyl groups is 1. The fraction of sp³-hybridized carbons (Fsp3) is 0.600. The number of rotatable bonds is 11. The zero-order valence-corrected chi connectivity index (χ0v) is 12.9. The molecule has 1 aromatic rings. The van der Waals surface area contributed by atoms with Crippen molar-refractivity contribution in [1.82, 2.24) is 5.32 Å². The Balaban J connectivity index is 2.46. The Morgan fingerprint density at radius 1 is 1.14 bits per heavy atom. The van der Waals surface area contributed by atoms with Crippen molar-refractivity contribution in [3.8, 4) is 11.5 Å². The van der Waals surface area contributed by atoms with E-state index in [1.54, 1.807) is 14.2 Å². The maximum Gasteiger partial charge on any atom is 0.161 e. The summed E-state index contributed by atoms with van der Waals surface area (Å²) in [6, 6.07) is 5.71. The predicted octanol–water partition coefficient (Wildman–Crippen LogP) is 0.817. The number of benzene rings is 1. The van der Waals surface area contributed by atoms with Crippen LogP contribution in [0, 0.1) is 0 Å². The largest absolute Gasteiger partial charge is 0.493 e. The first kappa shape index (κ1) is 17.7. The molecule has 0 amide bonds. The highest BCUT2D eigenvalue weighted by Crippen LogP contribution is 2.28. The minimum Gasteiger partial charge on any atom is -0.493 e. The molecule has 1 atom stereocenters. The number of methoxy groups -OCH3 is 2. The quantitative estimate of drug-likeness (QED) is 0.590. The molecule has 0 fully saturated rings. The normalized spacial score (nSPS) is 12.2. The zero-order valence-electron chi connectivity index (χ0n) is 12.9. The topological polar surface area (TPSA) is 69.2 Å². The number of nitrogens with one attached hydrogen (secondary N) is 1. The molecule has 120 valence electrons. The van der Waals surface area contributed by atoms with Crippen LogP contribution in [-0.2, 0) is 16.0 Å². The molecule has 0 aliphatic carbocycles. The Labute approximate surface area is 126 Å². The van der Waals surface area contributed by atoms with Crippen LogP contribution in [-0.4, -0.2) is 58.9 Å². The second kappa shape index (κ2) is 10.4. The van der Waals surface area contributed by atoms with Crippen LogP contribution in [0.5, 0.6) is 11.5 Å². The summed E-state index contributed by atoms with van der Waals surface area (Å²) in [6.07, 6.45) is -0.695. The van der Waals surface area contributed by atoms with Gasteiger partial charge in [-0.1, -0.05) is 6.07 Å². The van der Waals surface area contributed by atoms with Gasteiger partial charge in [0.1, 0.15) is 12.7 Å². The summed E-state index contributed by atoms with van der Waals surface area (Å²) >= 11 is 0. The van der Waals surface area contributed by atoms with E-state index in [1.807, 2.05) is 25.2 Å². The van der Waals surface area contributed by atoms with Crippen molar-refractivity contribution in [2.24, 2.45) is 0 Å². The van der Waals surface area contributed by atoms with Gasteiger partial charge in [0, 0.05) is 13.7 Å². The Morgan fingerprint density at radius 3 is 2.62 bits per heavy atom. The van der Waals surface area contributed by atoms with E-state index in [0.29, 0.717) is 24.7 Å². The minimum absolute atomic E-state index is 0.145. The fourth-order valence-electron chi connectivity index (χ4n) is 1.74. The maximum absolute atomic E-state index is 9.80. The van der Waals surface area contributed by atoms with E-state index in [9.17, 15) is 5.11 Å². The van der Waals surface area contributed by atoms with Gasteiger partial charge < -0.3 is 29.4 Å². The number of hydrogen-bond acceptors (Lipinski definition) is 6. The Kier molecular flexibility index (Phi) is 8.77. The molecule has 1 unspecified atom stereocenters. The monoisotopic (exact) mass is 299 g/mol. The van der Waals surface area contributed by atoms with Crippen LogP contribution in [0.1, 0.15) is 5.56 Å². The number of hydrogen-bond donors (Lipinski definition) is 2. The van der Waals surface area contributed by atoms with E-state index in [1.165, 1.54) is 0 Å². The lowest BCUT2D eigenvalue weighted by molar-refractivity contribution is -0.00451. The van der Waals surface area contributed by atoms with Gasteiger partial charge in [-0.3, -0.25) is 0 Å². The van der Waals surface area contributed by atoms with Gasteiger partial charge in [-0.15, -0.1) is 0 Å². The van der Waals surface area contributed by atoms with Crippen molar-refractivity contribution in [3.05, 3.63) is 23.8 Å². The molecular formula is C15H25NO5. The van der Waals surface area contributed by atoms with E-state index in [2.05, 4.69) is 5.32 Å². The van der Waals surface area contributed by atoms with Gasteiger partial charge >= 0.3 is 0 Å². The standard InChI is InChI=1S/C15H25NO5/c1-16-9-12-4-5-14(19-3)15(8-12)21-11-13(17)10-20-7-6-18-2/h4-5,8,13,16-17H,6-7,9-11H2,1-3H3. The summed E-state index contributed by atoms with van der Waals surface area (Å²) in [5, 5.41) is 12.9. The average molecular weight is 299 g/mol. The molecule has 6 nitrogen and oxygen atoms in total. The van der Waals surface area contributed by atoms with E-state index in [-0.39, 0.29) is 13.2 Å². The molecule has 0 aliphatic heterocycles. The number of aliphatic hydroxyl groups excluding tert-OH is 1. The third-order valence-electron chi connectivity index (χ3n) is 2.78. The average Bonchev–Trinajstić information content (AvgIpc) is 2.50. The van der Waals surface area contributed by atoms with Gasteiger partial charge in [0.15, 0.2) is 11.5 Å². The van der Waals surface area contributed by atoms with Crippen LogP contribution in [0.3, 0.4) is 0 Å². The highest BCUT2D eigenvalue weighted by Gasteiger charge is 2.10. The second-order valence-corrected chi connectivity index (χ2v) is 4.55. The fourth-order valence-corrected chi connectivity index (χ4v) is 1.74. The molecule has 0 bridgehead atoms. The summed E-state index contributed by atoms with van der Waals surface area (Å²) < 4.78 is 21.0. The molecule has 2 N–H and O–H groups in total. The Morgan fingerprint density at radius 2 is 1.95 bits per heavy atom. The molecule has 0 saturated heterocycles. The molecule has 6 heteroatoms. The molecule has 0 aromatic heterocycles. The smallest absolute Gasteiger partial charge is 0.161 e. The predicted molar refractivity (Wildman–Crippen MR) is 80.0 cm³/mol. The summed E-state index contributed by atoms with van der Waals surface area (Å²) in [5.74, 6) is 1.25. The lowest BCUT2D eigenvalue weighted by Gasteiger charge is -2.15. The van der Waals surface area contributed by atoms with Crippen LogP contribution >= 0.6 is 0 Å². The van der Waals surface area contributed by atoms with E-state index >= 15 is 0 Å². The lowest BCUT2D eigenvalue weighted by Crippen LogP contribution is -2.24. The van der Waals surface area contributed by atoms with Crippen LogP contribution in [0.25, 0.3) is 0 Å². The van der Waals surface area contributed by atoms with Crippen LogP contribution in [0.4, 0.5) is 0 Å². The zero-order chi connectivity index (χ0) is 15.5. The first-order valence-electron chi connectivity index (χ1n) is 6.90. The molecule has 0 spiro atoms. The van der Waals surface area contributed by atoms with Crippen LogP contribution in [0.15, 0.2) is 18.2 Å². The summed E-state index contributed by atoms with van der Waals surface area (Å²) in [4.78, 5) is 0. The molecular weight excluding hydrogens is 274 g/mol. The van der Waals surface area contributed by atoms with E-state index in [4.69, 9.17) is 18.9 Å². The van der Waals surface area contributed by atoms with Crippen molar-refractivity contribution >= 4 is 0 Å².